The molecule has 2 aromatic heterocycles. The molecule has 2 aromatic rings. The maximum Gasteiger partial charge on any atom is 0.361 e. The van der Waals surface area contributed by atoms with E-state index in [1.54, 1.807) is 31.1 Å². The molecule has 0 aromatic carbocycles. The Labute approximate surface area is 115 Å². The molecule has 0 radical (unpaired) electrons. The minimum Gasteiger partial charge on any atom is -0.461 e. The van der Waals surface area contributed by atoms with Crippen molar-refractivity contribution < 1.29 is 13.9 Å². The molecule has 8 heteroatoms. The maximum atomic E-state index is 12.3. The monoisotopic (exact) mass is 281 g/mol. The van der Waals surface area contributed by atoms with E-state index < -0.39 is 12.6 Å². The SMILES string of the molecule is CCOC(=O)c1nnn(CCCF)c1-c1cncn1C. The summed E-state index contributed by atoms with van der Waals surface area (Å²) < 4.78 is 20.6. The summed E-state index contributed by atoms with van der Waals surface area (Å²) in [5, 5.41) is 7.77. The van der Waals surface area contributed by atoms with Crippen LogP contribution in [0.1, 0.15) is 23.8 Å². The van der Waals surface area contributed by atoms with Gasteiger partial charge in [-0.15, -0.1) is 5.10 Å². The topological polar surface area (TPSA) is 74.8 Å². The molecule has 0 fully saturated rings. The first-order valence-corrected chi connectivity index (χ1v) is 6.32. The van der Waals surface area contributed by atoms with Crippen LogP contribution in [0.4, 0.5) is 4.39 Å². The van der Waals surface area contributed by atoms with Crippen LogP contribution in [0.3, 0.4) is 0 Å². The quantitative estimate of drug-likeness (QED) is 0.744. The molecule has 0 amide bonds. The van der Waals surface area contributed by atoms with Crippen molar-refractivity contribution in [2.75, 3.05) is 13.3 Å². The number of carbonyl (C=O) groups excluding carboxylic acids is 1. The molecule has 0 saturated heterocycles. The number of hydrogen-bond donors (Lipinski definition) is 0. The number of hydrogen-bond acceptors (Lipinski definition) is 5. The Balaban J connectivity index is 2.45. The minimum absolute atomic E-state index is 0.120. The molecule has 0 atom stereocenters. The number of esters is 1. The number of nitrogens with zero attached hydrogens (tertiary/aromatic N) is 5. The van der Waals surface area contributed by atoms with Gasteiger partial charge in [-0.1, -0.05) is 5.21 Å². The van der Waals surface area contributed by atoms with Crippen LogP contribution in [-0.4, -0.2) is 43.8 Å². The average molecular weight is 281 g/mol. The van der Waals surface area contributed by atoms with Crippen molar-refractivity contribution >= 4 is 5.97 Å². The number of halogens is 1. The Kier molecular flexibility index (Phi) is 4.44. The van der Waals surface area contributed by atoms with Crippen molar-refractivity contribution in [3.05, 3.63) is 18.2 Å². The van der Waals surface area contributed by atoms with Gasteiger partial charge in [0.05, 0.1) is 31.5 Å². The zero-order valence-electron chi connectivity index (χ0n) is 11.4. The number of ether oxygens (including phenoxy) is 1. The zero-order chi connectivity index (χ0) is 14.5. The average Bonchev–Trinajstić information content (AvgIpc) is 3.02. The van der Waals surface area contributed by atoms with E-state index in [1.165, 1.54) is 4.68 Å². The highest BCUT2D eigenvalue weighted by molar-refractivity contribution is 5.93. The Morgan fingerprint density at radius 1 is 1.50 bits per heavy atom. The van der Waals surface area contributed by atoms with E-state index in [-0.39, 0.29) is 12.3 Å². The molecule has 7 nitrogen and oxygen atoms in total. The fraction of sp³-hybridized carbons (Fsp3) is 0.500. The summed E-state index contributed by atoms with van der Waals surface area (Å²) >= 11 is 0. The van der Waals surface area contributed by atoms with Crippen LogP contribution >= 0.6 is 0 Å². The van der Waals surface area contributed by atoms with E-state index in [9.17, 15) is 9.18 Å². The van der Waals surface area contributed by atoms with Crippen LogP contribution in [-0.2, 0) is 18.3 Å². The van der Waals surface area contributed by atoms with Gasteiger partial charge in [-0.2, -0.15) is 0 Å². The van der Waals surface area contributed by atoms with Crippen molar-refractivity contribution in [1.29, 1.82) is 0 Å². The van der Waals surface area contributed by atoms with Gasteiger partial charge in [0.1, 0.15) is 5.69 Å². The lowest BCUT2D eigenvalue weighted by atomic mass is 10.2. The van der Waals surface area contributed by atoms with Gasteiger partial charge in [-0.3, -0.25) is 4.39 Å². The Hall–Kier alpha value is -2.25. The summed E-state index contributed by atoms with van der Waals surface area (Å²) in [6.45, 7) is 1.85. The Bertz CT molecular complexity index is 592. The number of carbonyl (C=O) groups is 1. The standard InChI is InChI=1S/C12H16FN5O2/c1-3-20-12(19)10-11(9-7-14-8-17(9)2)18(16-15-10)6-4-5-13/h7-8H,3-6H2,1-2H3. The molecule has 0 aliphatic rings. The molecule has 108 valence electrons. The molecule has 0 bridgehead atoms. The zero-order valence-corrected chi connectivity index (χ0v) is 11.4. The second kappa shape index (κ2) is 6.27. The summed E-state index contributed by atoms with van der Waals surface area (Å²) in [4.78, 5) is 15.9. The molecule has 0 spiro atoms. The molecular formula is C12H16FN5O2. The minimum atomic E-state index is -0.546. The van der Waals surface area contributed by atoms with Gasteiger partial charge in [0.25, 0.3) is 0 Å². The fourth-order valence-electron chi connectivity index (χ4n) is 1.85. The lowest BCUT2D eigenvalue weighted by Gasteiger charge is -2.07. The van der Waals surface area contributed by atoms with Gasteiger partial charge >= 0.3 is 5.97 Å². The maximum absolute atomic E-state index is 12.3. The number of aryl methyl sites for hydroxylation is 2. The predicted octanol–water partition coefficient (Wildman–Crippen LogP) is 1.21. The molecule has 0 aliphatic carbocycles. The largest absolute Gasteiger partial charge is 0.461 e. The highest BCUT2D eigenvalue weighted by Gasteiger charge is 2.23. The van der Waals surface area contributed by atoms with Gasteiger partial charge in [0.2, 0.25) is 0 Å². The molecule has 0 unspecified atom stereocenters. The highest BCUT2D eigenvalue weighted by Crippen LogP contribution is 2.22. The second-order valence-electron chi connectivity index (χ2n) is 4.16. The number of aromatic nitrogens is 5. The van der Waals surface area contributed by atoms with Crippen molar-refractivity contribution in [1.82, 2.24) is 24.5 Å². The van der Waals surface area contributed by atoms with E-state index >= 15 is 0 Å². The van der Waals surface area contributed by atoms with E-state index in [1.807, 2.05) is 0 Å². The third kappa shape index (κ3) is 2.68. The lowest BCUT2D eigenvalue weighted by Crippen LogP contribution is -2.10. The first-order chi connectivity index (χ1) is 9.69. The summed E-state index contributed by atoms with van der Waals surface area (Å²) in [5.41, 5.74) is 1.29. The summed E-state index contributed by atoms with van der Waals surface area (Å²) in [7, 11) is 1.80. The van der Waals surface area contributed by atoms with Crippen molar-refractivity contribution in [2.45, 2.75) is 19.9 Å². The first-order valence-electron chi connectivity index (χ1n) is 6.32. The first kappa shape index (κ1) is 14.2. The third-order valence-electron chi connectivity index (χ3n) is 2.77. The summed E-state index contributed by atoms with van der Waals surface area (Å²) in [6, 6.07) is 0. The van der Waals surface area contributed by atoms with E-state index in [2.05, 4.69) is 15.3 Å². The van der Waals surface area contributed by atoms with Gasteiger partial charge in [-0.25, -0.2) is 14.5 Å². The fourth-order valence-corrected chi connectivity index (χ4v) is 1.85. The van der Waals surface area contributed by atoms with Crippen LogP contribution in [0.25, 0.3) is 11.4 Å². The highest BCUT2D eigenvalue weighted by atomic mass is 19.1. The van der Waals surface area contributed by atoms with Crippen LogP contribution in [0.2, 0.25) is 0 Å². The van der Waals surface area contributed by atoms with Crippen LogP contribution < -0.4 is 0 Å². The smallest absolute Gasteiger partial charge is 0.361 e. The Morgan fingerprint density at radius 3 is 2.90 bits per heavy atom. The number of alkyl halides is 1. The number of rotatable bonds is 6. The van der Waals surface area contributed by atoms with Gasteiger partial charge < -0.3 is 9.30 Å². The summed E-state index contributed by atoms with van der Waals surface area (Å²) in [5.74, 6) is -0.546. The van der Waals surface area contributed by atoms with E-state index in [0.717, 1.165) is 0 Å². The molecule has 2 heterocycles. The molecule has 0 aliphatic heterocycles. The molecule has 20 heavy (non-hydrogen) atoms. The van der Waals surface area contributed by atoms with Crippen LogP contribution in [0.5, 0.6) is 0 Å². The normalized spacial score (nSPS) is 10.8. The molecule has 0 saturated carbocycles. The van der Waals surface area contributed by atoms with Crippen LogP contribution in [0, 0.1) is 0 Å². The van der Waals surface area contributed by atoms with Crippen molar-refractivity contribution in [3.8, 4) is 11.4 Å². The summed E-state index contributed by atoms with van der Waals surface area (Å²) in [6.07, 6.45) is 3.51. The van der Waals surface area contributed by atoms with Gasteiger partial charge in [-0.05, 0) is 13.3 Å². The Morgan fingerprint density at radius 2 is 2.30 bits per heavy atom. The molecule has 2 rings (SSSR count). The van der Waals surface area contributed by atoms with E-state index in [0.29, 0.717) is 24.4 Å². The third-order valence-corrected chi connectivity index (χ3v) is 2.77. The molecular weight excluding hydrogens is 265 g/mol. The second-order valence-corrected chi connectivity index (χ2v) is 4.16. The molecule has 0 N–H and O–H groups in total. The van der Waals surface area contributed by atoms with E-state index in [4.69, 9.17) is 4.74 Å². The van der Waals surface area contributed by atoms with Crippen LogP contribution in [0.15, 0.2) is 12.5 Å². The van der Waals surface area contributed by atoms with Crippen molar-refractivity contribution in [2.24, 2.45) is 7.05 Å². The lowest BCUT2D eigenvalue weighted by molar-refractivity contribution is 0.0520. The van der Waals surface area contributed by atoms with Gasteiger partial charge in [0, 0.05) is 13.6 Å². The number of imidazole rings is 1. The van der Waals surface area contributed by atoms with Gasteiger partial charge in [0.15, 0.2) is 5.69 Å². The van der Waals surface area contributed by atoms with Crippen molar-refractivity contribution in [3.63, 3.8) is 0 Å². The predicted molar refractivity (Wildman–Crippen MR) is 68.8 cm³/mol.